The molecule has 0 atom stereocenters. The lowest BCUT2D eigenvalue weighted by atomic mass is 10.3. The second kappa shape index (κ2) is 6.18. The fraction of sp³-hybridized carbons (Fsp3) is 0.357. The van der Waals surface area contributed by atoms with Crippen molar-refractivity contribution in [1.29, 1.82) is 0 Å². The third kappa shape index (κ3) is 3.34. The number of aryl methyl sites for hydroxylation is 1. The van der Waals surface area contributed by atoms with Gasteiger partial charge in [-0.15, -0.1) is 0 Å². The van der Waals surface area contributed by atoms with Gasteiger partial charge in [0.1, 0.15) is 0 Å². The van der Waals surface area contributed by atoms with Crippen molar-refractivity contribution in [3.8, 4) is 0 Å². The summed E-state index contributed by atoms with van der Waals surface area (Å²) in [5, 5.41) is 3.27. The third-order valence-corrected chi connectivity index (χ3v) is 2.92. The summed E-state index contributed by atoms with van der Waals surface area (Å²) in [4.78, 5) is 29.6. The van der Waals surface area contributed by atoms with Crippen molar-refractivity contribution >= 4 is 5.69 Å². The summed E-state index contributed by atoms with van der Waals surface area (Å²) in [5.41, 5.74) is 1.47. The number of H-pyrrole nitrogens is 1. The molecule has 2 aromatic rings. The predicted molar refractivity (Wildman–Crippen MR) is 78.2 cm³/mol. The first-order valence-electron chi connectivity index (χ1n) is 6.59. The molecule has 2 N–H and O–H groups in total. The van der Waals surface area contributed by atoms with E-state index in [1.165, 1.54) is 4.57 Å². The lowest BCUT2D eigenvalue weighted by Crippen LogP contribution is -2.31. The van der Waals surface area contributed by atoms with E-state index in [1.807, 2.05) is 12.1 Å². The van der Waals surface area contributed by atoms with Crippen molar-refractivity contribution in [1.82, 2.24) is 14.5 Å². The molecule has 0 saturated heterocycles. The molecular formula is C14H18N4O2. The van der Waals surface area contributed by atoms with E-state index < -0.39 is 5.69 Å². The third-order valence-electron chi connectivity index (χ3n) is 2.92. The maximum atomic E-state index is 11.7. The van der Waals surface area contributed by atoms with Crippen LogP contribution in [0, 0.1) is 6.92 Å². The van der Waals surface area contributed by atoms with Gasteiger partial charge < -0.3 is 5.32 Å². The molecule has 2 heterocycles. The summed E-state index contributed by atoms with van der Waals surface area (Å²) in [6, 6.07) is 3.79. The first-order chi connectivity index (χ1) is 9.60. The minimum absolute atomic E-state index is 0.331. The molecule has 0 spiro atoms. The van der Waals surface area contributed by atoms with E-state index in [0.29, 0.717) is 12.1 Å². The van der Waals surface area contributed by atoms with Crippen LogP contribution in [0.5, 0.6) is 0 Å². The van der Waals surface area contributed by atoms with Gasteiger partial charge in [-0.2, -0.15) is 0 Å². The fourth-order valence-corrected chi connectivity index (χ4v) is 1.85. The molecule has 0 fully saturated rings. The Balaban J connectivity index is 2.24. The van der Waals surface area contributed by atoms with Gasteiger partial charge in [-0.05, 0) is 25.5 Å². The highest BCUT2D eigenvalue weighted by Gasteiger charge is 2.03. The number of hydrogen-bond acceptors (Lipinski definition) is 4. The average molecular weight is 274 g/mol. The summed E-state index contributed by atoms with van der Waals surface area (Å²) < 4.78 is 1.45. The van der Waals surface area contributed by atoms with Crippen LogP contribution in [-0.4, -0.2) is 21.1 Å². The number of nitrogens with one attached hydrogen (secondary N) is 2. The lowest BCUT2D eigenvalue weighted by molar-refractivity contribution is 0.699. The molecule has 20 heavy (non-hydrogen) atoms. The molecule has 0 unspecified atom stereocenters. The van der Waals surface area contributed by atoms with Crippen LogP contribution in [0.2, 0.25) is 0 Å². The molecule has 2 rings (SSSR count). The van der Waals surface area contributed by atoms with Gasteiger partial charge >= 0.3 is 5.69 Å². The smallest absolute Gasteiger partial charge is 0.328 e. The standard InChI is InChI=1S/C14H18N4O2/c1-3-5-15-11-4-6-16-12(7-11)9-18-8-10(2)13(19)17-14(18)20/h4,6-8H,3,5,9H2,1-2H3,(H,15,16)(H,17,19,20). The SMILES string of the molecule is CCCNc1ccnc(Cn2cc(C)c(=O)[nH]c2=O)c1. The Morgan fingerprint density at radius 1 is 1.40 bits per heavy atom. The zero-order valence-electron chi connectivity index (χ0n) is 11.6. The van der Waals surface area contributed by atoms with Gasteiger partial charge in [-0.25, -0.2) is 4.79 Å². The molecule has 0 aromatic carbocycles. The predicted octanol–water partition coefficient (Wildman–Crippen LogP) is 1.11. The maximum Gasteiger partial charge on any atom is 0.328 e. The summed E-state index contributed by atoms with van der Waals surface area (Å²) in [5.74, 6) is 0. The van der Waals surface area contributed by atoms with Crippen LogP contribution in [-0.2, 0) is 6.54 Å². The van der Waals surface area contributed by atoms with Crippen molar-refractivity contribution in [2.24, 2.45) is 0 Å². The molecule has 0 aliphatic rings. The Morgan fingerprint density at radius 3 is 2.95 bits per heavy atom. The quantitative estimate of drug-likeness (QED) is 0.856. The molecule has 6 heteroatoms. The van der Waals surface area contributed by atoms with E-state index in [4.69, 9.17) is 0 Å². The Bertz CT molecular complexity index is 703. The zero-order chi connectivity index (χ0) is 14.5. The van der Waals surface area contributed by atoms with Crippen molar-refractivity contribution in [2.45, 2.75) is 26.8 Å². The maximum absolute atomic E-state index is 11.7. The molecule has 0 aliphatic carbocycles. The highest BCUT2D eigenvalue weighted by atomic mass is 16.2. The minimum Gasteiger partial charge on any atom is -0.385 e. The van der Waals surface area contributed by atoms with Crippen molar-refractivity contribution in [3.63, 3.8) is 0 Å². The van der Waals surface area contributed by atoms with E-state index in [-0.39, 0.29) is 5.56 Å². The Labute approximate surface area is 116 Å². The number of aromatic amines is 1. The second-order valence-corrected chi connectivity index (χ2v) is 4.66. The molecule has 0 bridgehead atoms. The second-order valence-electron chi connectivity index (χ2n) is 4.66. The lowest BCUT2D eigenvalue weighted by Gasteiger charge is -2.08. The van der Waals surface area contributed by atoms with Crippen LogP contribution in [0.1, 0.15) is 24.6 Å². The largest absolute Gasteiger partial charge is 0.385 e. The van der Waals surface area contributed by atoms with Crippen molar-refractivity contribution < 1.29 is 0 Å². The van der Waals surface area contributed by atoms with Gasteiger partial charge in [0.25, 0.3) is 5.56 Å². The van der Waals surface area contributed by atoms with Crippen molar-refractivity contribution in [2.75, 3.05) is 11.9 Å². The van der Waals surface area contributed by atoms with Gasteiger partial charge in [0.15, 0.2) is 0 Å². The molecule has 0 saturated carbocycles. The number of rotatable bonds is 5. The fourth-order valence-electron chi connectivity index (χ4n) is 1.85. The van der Waals surface area contributed by atoms with E-state index in [2.05, 4.69) is 22.2 Å². The van der Waals surface area contributed by atoms with Gasteiger partial charge in [0.05, 0.1) is 12.2 Å². The van der Waals surface area contributed by atoms with Gasteiger partial charge in [-0.3, -0.25) is 19.3 Å². The van der Waals surface area contributed by atoms with E-state index in [0.717, 1.165) is 24.3 Å². The zero-order valence-corrected chi connectivity index (χ0v) is 11.6. The highest BCUT2D eigenvalue weighted by molar-refractivity contribution is 5.43. The van der Waals surface area contributed by atoms with Crippen LogP contribution in [0.3, 0.4) is 0 Å². The number of nitrogens with zero attached hydrogens (tertiary/aromatic N) is 2. The van der Waals surface area contributed by atoms with E-state index in [1.54, 1.807) is 19.3 Å². The normalized spacial score (nSPS) is 10.5. The van der Waals surface area contributed by atoms with Crippen LogP contribution in [0.25, 0.3) is 0 Å². The first kappa shape index (κ1) is 14.0. The number of aromatic nitrogens is 3. The monoisotopic (exact) mass is 274 g/mol. The summed E-state index contributed by atoms with van der Waals surface area (Å²) >= 11 is 0. The number of pyridine rings is 1. The van der Waals surface area contributed by atoms with Crippen LogP contribution < -0.4 is 16.6 Å². The van der Waals surface area contributed by atoms with Crippen LogP contribution in [0.4, 0.5) is 5.69 Å². The van der Waals surface area contributed by atoms with Gasteiger partial charge in [-0.1, -0.05) is 6.92 Å². The van der Waals surface area contributed by atoms with Crippen molar-refractivity contribution in [3.05, 3.63) is 56.6 Å². The van der Waals surface area contributed by atoms with Gasteiger partial charge in [0.2, 0.25) is 0 Å². The molecule has 2 aromatic heterocycles. The Morgan fingerprint density at radius 2 is 2.20 bits per heavy atom. The Hall–Kier alpha value is -2.37. The molecule has 0 aliphatic heterocycles. The molecule has 6 nitrogen and oxygen atoms in total. The highest BCUT2D eigenvalue weighted by Crippen LogP contribution is 2.08. The van der Waals surface area contributed by atoms with Gasteiger partial charge in [0, 0.05) is 30.2 Å². The van der Waals surface area contributed by atoms with E-state index >= 15 is 0 Å². The number of hydrogen-bond donors (Lipinski definition) is 2. The van der Waals surface area contributed by atoms with Crippen LogP contribution in [0.15, 0.2) is 34.1 Å². The topological polar surface area (TPSA) is 79.8 Å². The Kier molecular flexibility index (Phi) is 4.34. The minimum atomic E-state index is -0.422. The summed E-state index contributed by atoms with van der Waals surface area (Å²) in [6.07, 6.45) is 4.29. The molecule has 106 valence electrons. The molecule has 0 radical (unpaired) electrons. The summed E-state index contributed by atoms with van der Waals surface area (Å²) in [6.45, 7) is 4.98. The average Bonchev–Trinajstić information content (AvgIpc) is 2.43. The first-order valence-corrected chi connectivity index (χ1v) is 6.59. The summed E-state index contributed by atoms with van der Waals surface area (Å²) in [7, 11) is 0. The number of anilines is 1. The van der Waals surface area contributed by atoms with Crippen LogP contribution >= 0.6 is 0 Å². The molecular weight excluding hydrogens is 256 g/mol. The molecule has 0 amide bonds. The van der Waals surface area contributed by atoms with E-state index in [9.17, 15) is 9.59 Å².